The van der Waals surface area contributed by atoms with Gasteiger partial charge in [-0.05, 0) is 19.8 Å². The summed E-state index contributed by atoms with van der Waals surface area (Å²) in [4.78, 5) is 0. The molecule has 0 spiro atoms. The van der Waals surface area contributed by atoms with Gasteiger partial charge in [-0.25, -0.2) is 0 Å². The highest BCUT2D eigenvalue weighted by molar-refractivity contribution is 7.90. The molecule has 1 saturated heterocycles. The molecule has 0 amide bonds. The first-order valence-corrected chi connectivity index (χ1v) is 7.23. The number of nitrogens with one attached hydrogen (secondary N) is 1. The first kappa shape index (κ1) is 12.4. The Morgan fingerprint density at radius 2 is 1.94 bits per heavy atom. The number of hydrogen-bond acceptors (Lipinski definition) is 4. The summed E-state index contributed by atoms with van der Waals surface area (Å²) in [5.41, 5.74) is 0. The van der Waals surface area contributed by atoms with E-state index in [0.29, 0.717) is 18.8 Å². The van der Waals surface area contributed by atoms with Gasteiger partial charge in [0.15, 0.2) is 5.82 Å². The van der Waals surface area contributed by atoms with Crippen molar-refractivity contribution in [1.29, 1.82) is 0 Å². The van der Waals surface area contributed by atoms with Gasteiger partial charge in [-0.3, -0.25) is 4.72 Å². The summed E-state index contributed by atoms with van der Waals surface area (Å²) in [7, 11) is -3.49. The van der Waals surface area contributed by atoms with Crippen LogP contribution < -0.4 is 4.72 Å². The van der Waals surface area contributed by atoms with Gasteiger partial charge in [0.25, 0.3) is 0 Å². The van der Waals surface area contributed by atoms with Crippen LogP contribution in [0.1, 0.15) is 31.4 Å². The number of rotatable bonds is 3. The van der Waals surface area contributed by atoms with E-state index < -0.39 is 10.2 Å². The molecule has 1 aliphatic rings. The quantitative estimate of drug-likeness (QED) is 0.893. The van der Waals surface area contributed by atoms with Crippen LogP contribution in [0.5, 0.6) is 0 Å². The van der Waals surface area contributed by atoms with Crippen molar-refractivity contribution in [3.8, 4) is 0 Å². The maximum Gasteiger partial charge on any atom is 0.302 e. The minimum absolute atomic E-state index is 0.242. The molecule has 2 rings (SSSR count). The minimum atomic E-state index is -3.49. The Morgan fingerprint density at radius 3 is 2.47 bits per heavy atom. The molecule has 1 aromatic rings. The van der Waals surface area contributed by atoms with E-state index in [2.05, 4.69) is 9.88 Å². The Balaban J connectivity index is 2.07. The van der Waals surface area contributed by atoms with E-state index in [1.54, 1.807) is 13.0 Å². The zero-order valence-electron chi connectivity index (χ0n) is 9.85. The normalized spacial score (nSPS) is 18.9. The van der Waals surface area contributed by atoms with Crippen molar-refractivity contribution in [2.45, 2.75) is 32.6 Å². The summed E-state index contributed by atoms with van der Waals surface area (Å²) in [6.45, 7) is 2.87. The zero-order chi connectivity index (χ0) is 12.3. The van der Waals surface area contributed by atoms with E-state index >= 15 is 0 Å². The van der Waals surface area contributed by atoms with Crippen LogP contribution in [0.2, 0.25) is 0 Å². The van der Waals surface area contributed by atoms with Crippen LogP contribution in [0.3, 0.4) is 0 Å². The molecule has 0 saturated carbocycles. The maximum absolute atomic E-state index is 12.1. The van der Waals surface area contributed by atoms with Gasteiger partial charge < -0.3 is 4.52 Å². The Labute approximate surface area is 101 Å². The Hall–Kier alpha value is -1.08. The molecule has 0 aliphatic carbocycles. The third-order valence-corrected chi connectivity index (χ3v) is 4.28. The molecule has 6 nitrogen and oxygen atoms in total. The molecule has 2 heterocycles. The van der Waals surface area contributed by atoms with E-state index in [-0.39, 0.29) is 5.82 Å². The van der Waals surface area contributed by atoms with Gasteiger partial charge in [0.05, 0.1) is 0 Å². The predicted molar refractivity (Wildman–Crippen MR) is 63.8 cm³/mol. The minimum Gasteiger partial charge on any atom is -0.360 e. The van der Waals surface area contributed by atoms with Crippen molar-refractivity contribution in [1.82, 2.24) is 9.46 Å². The van der Waals surface area contributed by atoms with Crippen molar-refractivity contribution >= 4 is 16.0 Å². The fourth-order valence-corrected chi connectivity index (χ4v) is 3.12. The van der Waals surface area contributed by atoms with E-state index in [9.17, 15) is 8.42 Å². The first-order valence-electron chi connectivity index (χ1n) is 5.79. The lowest BCUT2D eigenvalue weighted by Gasteiger charge is -2.19. The molecule has 17 heavy (non-hydrogen) atoms. The molecular weight excluding hydrogens is 242 g/mol. The highest BCUT2D eigenvalue weighted by Gasteiger charge is 2.23. The molecule has 0 radical (unpaired) electrons. The second-order valence-electron chi connectivity index (χ2n) is 4.24. The van der Waals surface area contributed by atoms with Crippen LogP contribution in [0.4, 0.5) is 5.82 Å². The van der Waals surface area contributed by atoms with Crippen molar-refractivity contribution in [3.63, 3.8) is 0 Å². The molecule has 1 N–H and O–H groups in total. The summed E-state index contributed by atoms with van der Waals surface area (Å²) in [5.74, 6) is 0.824. The maximum atomic E-state index is 12.1. The van der Waals surface area contributed by atoms with Gasteiger partial charge in [-0.15, -0.1) is 0 Å². The smallest absolute Gasteiger partial charge is 0.302 e. The molecule has 7 heteroatoms. The fraction of sp³-hybridized carbons (Fsp3) is 0.700. The molecule has 0 unspecified atom stereocenters. The summed E-state index contributed by atoms with van der Waals surface area (Å²) >= 11 is 0. The summed E-state index contributed by atoms with van der Waals surface area (Å²) in [5, 5.41) is 3.63. The molecular formula is C10H17N3O3S. The largest absolute Gasteiger partial charge is 0.360 e. The van der Waals surface area contributed by atoms with Crippen molar-refractivity contribution < 1.29 is 12.9 Å². The standard InChI is InChI=1S/C10H17N3O3S/c1-9-8-10(11-16-9)12-17(14,15)13-6-4-2-3-5-7-13/h8H,2-7H2,1H3,(H,11,12). The lowest BCUT2D eigenvalue weighted by Crippen LogP contribution is -2.36. The van der Waals surface area contributed by atoms with E-state index in [1.807, 2.05) is 0 Å². The van der Waals surface area contributed by atoms with Crippen molar-refractivity contribution in [3.05, 3.63) is 11.8 Å². The fourth-order valence-electron chi connectivity index (χ4n) is 1.89. The molecule has 0 aromatic carbocycles. The van der Waals surface area contributed by atoms with Gasteiger partial charge in [-0.2, -0.15) is 12.7 Å². The average molecular weight is 259 g/mol. The Morgan fingerprint density at radius 1 is 1.29 bits per heavy atom. The lowest BCUT2D eigenvalue weighted by atomic mass is 10.2. The van der Waals surface area contributed by atoms with Crippen LogP contribution in [0.25, 0.3) is 0 Å². The number of aryl methyl sites for hydroxylation is 1. The van der Waals surface area contributed by atoms with Crippen molar-refractivity contribution in [2.24, 2.45) is 0 Å². The zero-order valence-corrected chi connectivity index (χ0v) is 10.7. The first-order chi connectivity index (χ1) is 8.08. The van der Waals surface area contributed by atoms with Crippen LogP contribution in [-0.2, 0) is 10.2 Å². The topological polar surface area (TPSA) is 75.4 Å². The Bertz CT molecular complexity index is 461. The van der Waals surface area contributed by atoms with Crippen LogP contribution >= 0.6 is 0 Å². The highest BCUT2D eigenvalue weighted by atomic mass is 32.2. The molecule has 1 aromatic heterocycles. The van der Waals surface area contributed by atoms with Crippen molar-refractivity contribution in [2.75, 3.05) is 17.8 Å². The monoisotopic (exact) mass is 259 g/mol. The molecule has 0 atom stereocenters. The highest BCUT2D eigenvalue weighted by Crippen LogP contribution is 2.16. The van der Waals surface area contributed by atoms with Gasteiger partial charge in [0.2, 0.25) is 0 Å². The third-order valence-electron chi connectivity index (χ3n) is 2.77. The average Bonchev–Trinajstić information content (AvgIpc) is 2.56. The van der Waals surface area contributed by atoms with Gasteiger partial charge in [0.1, 0.15) is 5.76 Å². The number of hydrogen-bond donors (Lipinski definition) is 1. The number of nitrogens with zero attached hydrogens (tertiary/aromatic N) is 2. The summed E-state index contributed by atoms with van der Waals surface area (Å²) in [6.07, 6.45) is 4.02. The second kappa shape index (κ2) is 5.05. The van der Waals surface area contributed by atoms with Crippen LogP contribution in [0.15, 0.2) is 10.6 Å². The SMILES string of the molecule is Cc1cc(NS(=O)(=O)N2CCCCCC2)no1. The number of anilines is 1. The molecule has 0 bridgehead atoms. The predicted octanol–water partition coefficient (Wildman–Crippen LogP) is 1.52. The van der Waals surface area contributed by atoms with Crippen LogP contribution in [-0.4, -0.2) is 31.0 Å². The number of aromatic nitrogens is 1. The Kier molecular flexibility index (Phi) is 3.68. The van der Waals surface area contributed by atoms with E-state index in [0.717, 1.165) is 25.7 Å². The van der Waals surface area contributed by atoms with E-state index in [4.69, 9.17) is 4.52 Å². The van der Waals surface area contributed by atoms with Gasteiger partial charge >= 0.3 is 10.2 Å². The molecule has 96 valence electrons. The van der Waals surface area contributed by atoms with Gasteiger partial charge in [-0.1, -0.05) is 18.0 Å². The van der Waals surface area contributed by atoms with Gasteiger partial charge in [0, 0.05) is 19.2 Å². The van der Waals surface area contributed by atoms with Crippen LogP contribution in [0, 0.1) is 6.92 Å². The summed E-state index contributed by atoms with van der Waals surface area (Å²) < 4.78 is 32.8. The van der Waals surface area contributed by atoms with E-state index in [1.165, 1.54) is 4.31 Å². The third kappa shape index (κ3) is 3.19. The summed E-state index contributed by atoms with van der Waals surface area (Å²) in [6, 6.07) is 1.56. The molecule has 1 aliphatic heterocycles. The molecule has 1 fully saturated rings. The second-order valence-corrected chi connectivity index (χ2v) is 5.91. The lowest BCUT2D eigenvalue weighted by molar-refractivity contribution is 0.399.